The molecule has 2 aliphatic heterocycles. The van der Waals surface area contributed by atoms with Crippen molar-refractivity contribution in [1.29, 1.82) is 0 Å². The maximum atomic E-state index is 11.6. The molecule has 0 amide bonds. The number of carboxylic acid groups (broad SMARTS) is 1. The van der Waals surface area contributed by atoms with Gasteiger partial charge in [-0.1, -0.05) is 0 Å². The molecule has 0 saturated carbocycles. The molecule has 0 aromatic carbocycles. The van der Waals surface area contributed by atoms with E-state index in [1.807, 2.05) is 13.8 Å². The zero-order valence-corrected chi connectivity index (χ0v) is 11.0. The van der Waals surface area contributed by atoms with Crippen LogP contribution in [0.25, 0.3) is 0 Å². The van der Waals surface area contributed by atoms with E-state index in [1.54, 1.807) is 0 Å². The van der Waals surface area contributed by atoms with Gasteiger partial charge in [-0.3, -0.25) is 4.79 Å². The summed E-state index contributed by atoms with van der Waals surface area (Å²) < 4.78 is 11.0. The third-order valence-electron chi connectivity index (χ3n) is 3.96. The molecular weight excluding hydrogens is 236 g/mol. The largest absolute Gasteiger partial charge is 0.481 e. The number of fused-ring (bicyclic) bond motifs is 2. The fraction of sp³-hybridized carbons (Fsp3) is 0.923. The van der Waals surface area contributed by atoms with Crippen LogP contribution in [0.15, 0.2) is 0 Å². The summed E-state index contributed by atoms with van der Waals surface area (Å²) in [5.74, 6) is -0.849. The molecule has 5 heteroatoms. The van der Waals surface area contributed by atoms with Crippen molar-refractivity contribution in [1.82, 2.24) is 0 Å². The zero-order valence-electron chi connectivity index (χ0n) is 11.0. The molecular formula is C13H22O5. The van der Waals surface area contributed by atoms with Crippen LogP contribution in [0.3, 0.4) is 0 Å². The minimum Gasteiger partial charge on any atom is -0.481 e. The van der Waals surface area contributed by atoms with Gasteiger partial charge in [-0.05, 0) is 39.5 Å². The lowest BCUT2D eigenvalue weighted by Crippen LogP contribution is -2.43. The third kappa shape index (κ3) is 2.53. The van der Waals surface area contributed by atoms with Gasteiger partial charge in [0.05, 0.1) is 36.4 Å². The van der Waals surface area contributed by atoms with Crippen molar-refractivity contribution in [2.75, 3.05) is 6.61 Å². The smallest absolute Gasteiger partial charge is 0.312 e. The lowest BCUT2D eigenvalue weighted by molar-refractivity contribution is -0.155. The monoisotopic (exact) mass is 258 g/mol. The molecule has 2 bridgehead atoms. The fourth-order valence-electron chi connectivity index (χ4n) is 3.11. The number of ether oxygens (including phenoxy) is 2. The maximum Gasteiger partial charge on any atom is 0.312 e. The first-order valence-corrected chi connectivity index (χ1v) is 6.62. The maximum absolute atomic E-state index is 11.6. The first-order valence-electron chi connectivity index (χ1n) is 6.62. The summed E-state index contributed by atoms with van der Waals surface area (Å²) in [4.78, 5) is 11.6. The summed E-state index contributed by atoms with van der Waals surface area (Å²) in [6.45, 7) is 3.96. The summed E-state index contributed by atoms with van der Waals surface area (Å²) in [5.41, 5.74) is -0.914. The standard InChI is InChI=1S/C13H22O5/c1-8(2)17-7-9(14)5-13(12(15)16)6-10-3-4-11(13)18-10/h8-11,14H,3-7H2,1-2H3,(H,15,16). The van der Waals surface area contributed by atoms with Gasteiger partial charge in [0.25, 0.3) is 0 Å². The Bertz CT molecular complexity index is 317. The van der Waals surface area contributed by atoms with E-state index in [9.17, 15) is 15.0 Å². The van der Waals surface area contributed by atoms with E-state index < -0.39 is 17.5 Å². The van der Waals surface area contributed by atoms with E-state index >= 15 is 0 Å². The van der Waals surface area contributed by atoms with Crippen LogP contribution in [0.5, 0.6) is 0 Å². The SMILES string of the molecule is CC(C)OCC(O)CC1(C(=O)O)CC2CCC1O2. The number of carbonyl (C=O) groups is 1. The fourth-order valence-corrected chi connectivity index (χ4v) is 3.11. The number of aliphatic hydroxyl groups is 1. The molecule has 2 rings (SSSR count). The lowest BCUT2D eigenvalue weighted by Gasteiger charge is -2.32. The topological polar surface area (TPSA) is 76.0 Å². The van der Waals surface area contributed by atoms with Gasteiger partial charge in [0, 0.05) is 0 Å². The Morgan fingerprint density at radius 2 is 2.22 bits per heavy atom. The molecule has 0 aliphatic carbocycles. The molecule has 0 radical (unpaired) electrons. The predicted octanol–water partition coefficient (Wildman–Crippen LogP) is 1.18. The van der Waals surface area contributed by atoms with E-state index in [4.69, 9.17) is 9.47 Å². The van der Waals surface area contributed by atoms with Crippen LogP contribution >= 0.6 is 0 Å². The predicted molar refractivity (Wildman–Crippen MR) is 64.3 cm³/mol. The van der Waals surface area contributed by atoms with Crippen LogP contribution < -0.4 is 0 Å². The van der Waals surface area contributed by atoms with Crippen LogP contribution in [0.2, 0.25) is 0 Å². The van der Waals surface area contributed by atoms with Gasteiger partial charge in [-0.2, -0.15) is 0 Å². The number of aliphatic carboxylic acids is 1. The molecule has 0 spiro atoms. The Morgan fingerprint density at radius 1 is 1.50 bits per heavy atom. The molecule has 4 atom stereocenters. The number of carboxylic acids is 1. The summed E-state index contributed by atoms with van der Waals surface area (Å²) in [5, 5.41) is 19.4. The molecule has 18 heavy (non-hydrogen) atoms. The molecule has 2 heterocycles. The van der Waals surface area contributed by atoms with Crippen molar-refractivity contribution >= 4 is 5.97 Å². The lowest BCUT2D eigenvalue weighted by atomic mass is 9.70. The summed E-state index contributed by atoms with van der Waals surface area (Å²) in [6, 6.07) is 0. The van der Waals surface area contributed by atoms with Gasteiger partial charge in [-0.15, -0.1) is 0 Å². The molecule has 5 nitrogen and oxygen atoms in total. The second-order valence-corrected chi connectivity index (χ2v) is 5.73. The Labute approximate surface area is 107 Å². The van der Waals surface area contributed by atoms with E-state index in [-0.39, 0.29) is 31.3 Å². The summed E-state index contributed by atoms with van der Waals surface area (Å²) in [6.07, 6.45) is 1.58. The highest BCUT2D eigenvalue weighted by Gasteiger charge is 2.57. The number of hydrogen-bond donors (Lipinski definition) is 2. The average molecular weight is 258 g/mol. The van der Waals surface area contributed by atoms with Gasteiger partial charge in [0.1, 0.15) is 0 Å². The molecule has 0 aromatic rings. The molecule has 2 fully saturated rings. The van der Waals surface area contributed by atoms with E-state index in [0.717, 1.165) is 12.8 Å². The second-order valence-electron chi connectivity index (χ2n) is 5.73. The Morgan fingerprint density at radius 3 is 2.67 bits per heavy atom. The summed E-state index contributed by atoms with van der Waals surface area (Å²) >= 11 is 0. The molecule has 2 N–H and O–H groups in total. The highest BCUT2D eigenvalue weighted by atomic mass is 16.5. The first-order chi connectivity index (χ1) is 8.44. The van der Waals surface area contributed by atoms with Crippen LogP contribution in [-0.4, -0.2) is 47.2 Å². The van der Waals surface area contributed by atoms with Crippen molar-refractivity contribution in [2.24, 2.45) is 5.41 Å². The first kappa shape index (κ1) is 13.8. The number of hydrogen-bond acceptors (Lipinski definition) is 4. The minimum atomic E-state index is -0.914. The molecule has 0 aromatic heterocycles. The van der Waals surface area contributed by atoms with Crippen LogP contribution in [0.4, 0.5) is 0 Å². The van der Waals surface area contributed by atoms with Crippen LogP contribution in [0, 0.1) is 5.41 Å². The zero-order chi connectivity index (χ0) is 13.3. The van der Waals surface area contributed by atoms with E-state index in [1.165, 1.54) is 0 Å². The average Bonchev–Trinajstić information content (AvgIpc) is 2.86. The van der Waals surface area contributed by atoms with Gasteiger partial charge in [-0.25, -0.2) is 0 Å². The Kier molecular flexibility index (Phi) is 3.94. The van der Waals surface area contributed by atoms with E-state index in [2.05, 4.69) is 0 Å². The Hall–Kier alpha value is -0.650. The quantitative estimate of drug-likeness (QED) is 0.748. The van der Waals surface area contributed by atoms with Gasteiger partial charge in [0.15, 0.2) is 0 Å². The minimum absolute atomic E-state index is 0.0386. The van der Waals surface area contributed by atoms with Crippen molar-refractivity contribution in [2.45, 2.75) is 63.9 Å². The highest BCUT2D eigenvalue weighted by Crippen LogP contribution is 2.50. The summed E-state index contributed by atoms with van der Waals surface area (Å²) in [7, 11) is 0. The third-order valence-corrected chi connectivity index (χ3v) is 3.96. The molecule has 104 valence electrons. The number of aliphatic hydroxyl groups excluding tert-OH is 1. The number of rotatable bonds is 6. The van der Waals surface area contributed by atoms with Crippen molar-refractivity contribution < 1.29 is 24.5 Å². The van der Waals surface area contributed by atoms with Crippen molar-refractivity contribution in [3.63, 3.8) is 0 Å². The van der Waals surface area contributed by atoms with Crippen molar-refractivity contribution in [3.8, 4) is 0 Å². The van der Waals surface area contributed by atoms with E-state index in [0.29, 0.717) is 6.42 Å². The highest BCUT2D eigenvalue weighted by molar-refractivity contribution is 5.76. The Balaban J connectivity index is 1.97. The van der Waals surface area contributed by atoms with Gasteiger partial charge >= 0.3 is 5.97 Å². The normalized spacial score (nSPS) is 36.2. The van der Waals surface area contributed by atoms with Crippen LogP contribution in [0.1, 0.15) is 39.5 Å². The van der Waals surface area contributed by atoms with Crippen LogP contribution in [-0.2, 0) is 14.3 Å². The molecule has 2 aliphatic rings. The molecule has 4 unspecified atom stereocenters. The second kappa shape index (κ2) is 5.15. The van der Waals surface area contributed by atoms with Crippen molar-refractivity contribution in [3.05, 3.63) is 0 Å². The van der Waals surface area contributed by atoms with Gasteiger partial charge in [0.2, 0.25) is 0 Å². The molecule has 2 saturated heterocycles. The van der Waals surface area contributed by atoms with Gasteiger partial charge < -0.3 is 19.7 Å².